The molecule has 0 aliphatic carbocycles. The van der Waals surface area contributed by atoms with E-state index in [2.05, 4.69) is 17.6 Å². The van der Waals surface area contributed by atoms with Gasteiger partial charge in [0.15, 0.2) is 10.9 Å². The number of para-hydroxylation sites is 2. The van der Waals surface area contributed by atoms with Crippen LogP contribution in [0.4, 0.5) is 0 Å². The van der Waals surface area contributed by atoms with Crippen molar-refractivity contribution in [3.05, 3.63) is 59.7 Å². The van der Waals surface area contributed by atoms with Crippen LogP contribution in [0.5, 0.6) is 0 Å². The van der Waals surface area contributed by atoms with Gasteiger partial charge in [-0.1, -0.05) is 67.1 Å². The summed E-state index contributed by atoms with van der Waals surface area (Å²) in [4.78, 5) is 17.1. The minimum atomic E-state index is 0.147. The van der Waals surface area contributed by atoms with Crippen molar-refractivity contribution in [1.82, 2.24) is 9.55 Å². The Labute approximate surface area is 147 Å². The molecule has 0 spiro atoms. The number of carbonyl (C=O) groups excluding carboxylic acids is 1. The number of benzene rings is 2. The molecule has 3 rings (SSSR count). The molecule has 0 saturated carbocycles. The number of nitrogens with zero attached hydrogens (tertiary/aromatic N) is 2. The lowest BCUT2D eigenvalue weighted by Crippen LogP contribution is -2.05. The van der Waals surface area contributed by atoms with Gasteiger partial charge >= 0.3 is 0 Å². The zero-order valence-corrected chi connectivity index (χ0v) is 15.0. The van der Waals surface area contributed by atoms with E-state index in [-0.39, 0.29) is 5.78 Å². The average Bonchev–Trinajstić information content (AvgIpc) is 2.96. The second-order valence-corrected chi connectivity index (χ2v) is 6.91. The average molecular weight is 338 g/mol. The number of unbranched alkanes of at least 4 members (excludes halogenated alkanes) is 1. The summed E-state index contributed by atoms with van der Waals surface area (Å²) in [7, 11) is 0. The molecule has 0 aliphatic rings. The first-order chi connectivity index (χ1) is 11.7. The standard InChI is InChI=1S/C20H22N2OS/c1-3-4-13-22-18-8-6-5-7-17(18)21-20(22)24-14-19(23)16-11-9-15(2)10-12-16/h5-12H,3-4,13-14H2,1-2H3. The smallest absolute Gasteiger partial charge is 0.173 e. The summed E-state index contributed by atoms with van der Waals surface area (Å²) >= 11 is 1.53. The number of rotatable bonds is 7. The molecule has 0 radical (unpaired) electrons. The van der Waals surface area contributed by atoms with E-state index >= 15 is 0 Å². The van der Waals surface area contributed by atoms with Crippen molar-refractivity contribution < 1.29 is 4.79 Å². The highest BCUT2D eigenvalue weighted by Crippen LogP contribution is 2.25. The van der Waals surface area contributed by atoms with Crippen molar-refractivity contribution in [3.8, 4) is 0 Å². The first kappa shape index (κ1) is 16.8. The zero-order valence-electron chi connectivity index (χ0n) is 14.2. The molecule has 24 heavy (non-hydrogen) atoms. The number of aromatic nitrogens is 2. The molecule has 0 atom stereocenters. The lowest BCUT2D eigenvalue weighted by Gasteiger charge is -2.08. The fraction of sp³-hybridized carbons (Fsp3) is 0.300. The Kier molecular flexibility index (Phi) is 5.36. The van der Waals surface area contributed by atoms with Gasteiger partial charge in [0.2, 0.25) is 0 Å². The van der Waals surface area contributed by atoms with Crippen LogP contribution in [0, 0.1) is 6.92 Å². The molecule has 0 N–H and O–H groups in total. The molecule has 1 heterocycles. The SMILES string of the molecule is CCCCn1c(SCC(=O)c2ccc(C)cc2)nc2ccccc21. The maximum absolute atomic E-state index is 12.4. The second-order valence-electron chi connectivity index (χ2n) is 5.97. The predicted molar refractivity (Wildman–Crippen MR) is 101 cm³/mol. The summed E-state index contributed by atoms with van der Waals surface area (Å²) in [5.74, 6) is 0.562. The second kappa shape index (κ2) is 7.67. The Balaban J connectivity index is 1.78. The van der Waals surface area contributed by atoms with Crippen LogP contribution in [0.1, 0.15) is 35.7 Å². The normalized spacial score (nSPS) is 11.1. The van der Waals surface area contributed by atoms with Crippen LogP contribution in [-0.4, -0.2) is 21.1 Å². The molecule has 124 valence electrons. The molecule has 1 aromatic heterocycles. The molecule has 3 aromatic rings. The third kappa shape index (κ3) is 3.70. The van der Waals surface area contributed by atoms with Gasteiger partial charge < -0.3 is 4.57 Å². The Morgan fingerprint density at radius 2 is 1.88 bits per heavy atom. The summed E-state index contributed by atoms with van der Waals surface area (Å²) in [5, 5.41) is 0.935. The minimum absolute atomic E-state index is 0.147. The van der Waals surface area contributed by atoms with E-state index in [0.29, 0.717) is 5.75 Å². The van der Waals surface area contributed by atoms with Gasteiger partial charge in [0.05, 0.1) is 16.8 Å². The number of ketones is 1. The molecule has 4 heteroatoms. The van der Waals surface area contributed by atoms with E-state index in [1.165, 1.54) is 17.3 Å². The van der Waals surface area contributed by atoms with Crippen LogP contribution in [0.15, 0.2) is 53.7 Å². The molecule has 0 bridgehead atoms. The van der Waals surface area contributed by atoms with Crippen molar-refractivity contribution >= 4 is 28.6 Å². The van der Waals surface area contributed by atoms with Gasteiger partial charge in [0, 0.05) is 12.1 Å². The molecule has 3 nitrogen and oxygen atoms in total. The minimum Gasteiger partial charge on any atom is -0.319 e. The monoisotopic (exact) mass is 338 g/mol. The topological polar surface area (TPSA) is 34.9 Å². The van der Waals surface area contributed by atoms with Crippen molar-refractivity contribution in [1.29, 1.82) is 0 Å². The number of carbonyl (C=O) groups is 1. The Morgan fingerprint density at radius 3 is 2.62 bits per heavy atom. The van der Waals surface area contributed by atoms with E-state index in [0.717, 1.165) is 41.1 Å². The number of fused-ring (bicyclic) bond motifs is 1. The molecule has 0 amide bonds. The van der Waals surface area contributed by atoms with Crippen molar-refractivity contribution in [2.75, 3.05) is 5.75 Å². The molecule has 0 saturated heterocycles. The van der Waals surface area contributed by atoms with Crippen LogP contribution in [-0.2, 0) is 6.54 Å². The van der Waals surface area contributed by atoms with Crippen LogP contribution in [0.2, 0.25) is 0 Å². The van der Waals surface area contributed by atoms with Gasteiger partial charge in [-0.15, -0.1) is 0 Å². The number of imidazole rings is 1. The van der Waals surface area contributed by atoms with Gasteiger partial charge in [0.25, 0.3) is 0 Å². The Bertz CT molecular complexity index is 836. The molecular formula is C20H22N2OS. The molecule has 2 aromatic carbocycles. The zero-order chi connectivity index (χ0) is 16.9. The van der Waals surface area contributed by atoms with Crippen molar-refractivity contribution in [2.24, 2.45) is 0 Å². The maximum Gasteiger partial charge on any atom is 0.173 e. The van der Waals surface area contributed by atoms with Gasteiger partial charge in [-0.3, -0.25) is 4.79 Å². The number of hydrogen-bond acceptors (Lipinski definition) is 3. The highest BCUT2D eigenvalue weighted by Gasteiger charge is 2.13. The van der Waals surface area contributed by atoms with Crippen LogP contribution >= 0.6 is 11.8 Å². The highest BCUT2D eigenvalue weighted by molar-refractivity contribution is 7.99. The van der Waals surface area contributed by atoms with E-state index < -0.39 is 0 Å². The predicted octanol–water partition coefficient (Wildman–Crippen LogP) is 5.12. The highest BCUT2D eigenvalue weighted by atomic mass is 32.2. The lowest BCUT2D eigenvalue weighted by molar-refractivity contribution is 0.102. The van der Waals surface area contributed by atoms with Crippen LogP contribution < -0.4 is 0 Å². The van der Waals surface area contributed by atoms with E-state index in [1.807, 2.05) is 49.4 Å². The fourth-order valence-corrected chi connectivity index (χ4v) is 3.58. The van der Waals surface area contributed by atoms with E-state index in [9.17, 15) is 4.79 Å². The van der Waals surface area contributed by atoms with E-state index in [1.54, 1.807) is 0 Å². The van der Waals surface area contributed by atoms with Crippen molar-refractivity contribution in [2.45, 2.75) is 38.4 Å². The van der Waals surface area contributed by atoms with E-state index in [4.69, 9.17) is 4.98 Å². The van der Waals surface area contributed by atoms with Crippen LogP contribution in [0.3, 0.4) is 0 Å². The lowest BCUT2D eigenvalue weighted by atomic mass is 10.1. The van der Waals surface area contributed by atoms with Gasteiger partial charge in [-0.2, -0.15) is 0 Å². The van der Waals surface area contributed by atoms with Crippen LogP contribution in [0.25, 0.3) is 11.0 Å². The fourth-order valence-electron chi connectivity index (χ4n) is 2.65. The third-order valence-corrected chi connectivity index (χ3v) is 5.04. The quantitative estimate of drug-likeness (QED) is 0.443. The third-order valence-electron chi connectivity index (χ3n) is 4.06. The van der Waals surface area contributed by atoms with Gasteiger partial charge in [-0.25, -0.2) is 4.98 Å². The summed E-state index contributed by atoms with van der Waals surface area (Å²) in [6, 6.07) is 15.9. The Morgan fingerprint density at radius 1 is 1.12 bits per heavy atom. The number of thioether (sulfide) groups is 1. The number of Topliss-reactive ketones (excluding diaryl/α,β-unsaturated/α-hetero) is 1. The number of hydrogen-bond donors (Lipinski definition) is 0. The van der Waals surface area contributed by atoms with Gasteiger partial charge in [0.1, 0.15) is 0 Å². The molecular weight excluding hydrogens is 316 g/mol. The van der Waals surface area contributed by atoms with Crippen molar-refractivity contribution in [3.63, 3.8) is 0 Å². The first-order valence-electron chi connectivity index (χ1n) is 8.37. The molecule has 0 unspecified atom stereocenters. The molecule has 0 aliphatic heterocycles. The summed E-state index contributed by atoms with van der Waals surface area (Å²) in [6.07, 6.45) is 2.25. The maximum atomic E-state index is 12.4. The first-order valence-corrected chi connectivity index (χ1v) is 9.35. The largest absolute Gasteiger partial charge is 0.319 e. The Hall–Kier alpha value is -2.07. The summed E-state index contributed by atoms with van der Waals surface area (Å²) < 4.78 is 2.24. The van der Waals surface area contributed by atoms with Gasteiger partial charge in [-0.05, 0) is 25.5 Å². The number of aryl methyl sites for hydroxylation is 2. The summed E-state index contributed by atoms with van der Waals surface area (Å²) in [6.45, 7) is 5.16. The summed E-state index contributed by atoms with van der Waals surface area (Å²) in [5.41, 5.74) is 4.08. The molecule has 0 fully saturated rings.